The van der Waals surface area contributed by atoms with Gasteiger partial charge in [0, 0.05) is 19.6 Å². The van der Waals surface area contributed by atoms with E-state index in [1.54, 1.807) is 36.7 Å². The molecule has 4 rings (SSSR count). The van der Waals surface area contributed by atoms with Crippen LogP contribution in [-0.4, -0.2) is 50.8 Å². The minimum atomic E-state index is -0.520. The van der Waals surface area contributed by atoms with Crippen LogP contribution in [0.15, 0.2) is 43.0 Å². The smallest absolute Gasteiger partial charge is 0.156 e. The fraction of sp³-hybridized carbons (Fsp3) is 0.474. The van der Waals surface area contributed by atoms with Crippen LogP contribution in [0.3, 0.4) is 0 Å². The van der Waals surface area contributed by atoms with Crippen molar-refractivity contribution in [2.24, 2.45) is 11.8 Å². The average molecular weight is 341 g/mol. The summed E-state index contributed by atoms with van der Waals surface area (Å²) in [5.41, 5.74) is 0.847. The van der Waals surface area contributed by atoms with Crippen LogP contribution in [0.1, 0.15) is 24.5 Å². The van der Waals surface area contributed by atoms with Crippen LogP contribution < -0.4 is 4.74 Å². The molecule has 0 radical (unpaired) electrons. The maximum atomic E-state index is 10.4. The molecule has 2 fully saturated rings. The van der Waals surface area contributed by atoms with E-state index in [1.807, 2.05) is 0 Å². The molecule has 1 aliphatic heterocycles. The number of likely N-dealkylation sites (tertiary alicyclic amines) is 1. The molecule has 2 aliphatic rings. The molecule has 1 aliphatic carbocycles. The zero-order valence-corrected chi connectivity index (χ0v) is 14.0. The molecule has 1 aromatic carbocycles. The van der Waals surface area contributed by atoms with Gasteiger partial charge in [-0.1, -0.05) is 12.1 Å². The normalized spacial score (nSPS) is 27.2. The number of aromatic hydroxyl groups is 1. The third-order valence-corrected chi connectivity index (χ3v) is 5.33. The number of aromatic nitrogens is 2. The van der Waals surface area contributed by atoms with Gasteiger partial charge in [-0.15, -0.1) is 0 Å². The Morgan fingerprint density at radius 2 is 1.72 bits per heavy atom. The van der Waals surface area contributed by atoms with E-state index in [9.17, 15) is 10.2 Å². The Labute approximate surface area is 147 Å². The van der Waals surface area contributed by atoms with Gasteiger partial charge in [0.15, 0.2) is 5.75 Å². The van der Waals surface area contributed by atoms with E-state index in [1.165, 1.54) is 6.33 Å². The van der Waals surface area contributed by atoms with E-state index < -0.39 is 6.10 Å². The molecular formula is C19H23N3O3. The highest BCUT2D eigenvalue weighted by atomic mass is 16.5. The van der Waals surface area contributed by atoms with E-state index in [0.29, 0.717) is 18.4 Å². The van der Waals surface area contributed by atoms with Crippen molar-refractivity contribution < 1.29 is 14.9 Å². The number of hydrogen-bond donors (Lipinski definition) is 2. The number of β-amino-alcohol motifs (C(OH)–C–C–N with tert-alkyl or cyclic N) is 1. The number of phenolic OH excluding ortho intramolecular Hbond substituents is 1. The van der Waals surface area contributed by atoms with Gasteiger partial charge in [-0.3, -0.25) is 4.90 Å². The molecule has 25 heavy (non-hydrogen) atoms. The van der Waals surface area contributed by atoms with Gasteiger partial charge < -0.3 is 14.9 Å². The maximum absolute atomic E-state index is 10.4. The van der Waals surface area contributed by atoms with Crippen molar-refractivity contribution in [2.75, 3.05) is 19.6 Å². The number of aliphatic hydroxyl groups excluding tert-OH is 1. The van der Waals surface area contributed by atoms with Gasteiger partial charge in [0.1, 0.15) is 12.1 Å². The summed E-state index contributed by atoms with van der Waals surface area (Å²) >= 11 is 0. The first-order valence-electron chi connectivity index (χ1n) is 8.78. The molecule has 132 valence electrons. The Kier molecular flexibility index (Phi) is 4.55. The van der Waals surface area contributed by atoms with Crippen molar-refractivity contribution in [3.05, 3.63) is 48.5 Å². The van der Waals surface area contributed by atoms with Gasteiger partial charge in [-0.25, -0.2) is 9.97 Å². The van der Waals surface area contributed by atoms with Crippen LogP contribution in [0.5, 0.6) is 11.5 Å². The van der Waals surface area contributed by atoms with Crippen molar-refractivity contribution in [3.8, 4) is 11.5 Å². The predicted octanol–water partition coefficient (Wildman–Crippen LogP) is 2.00. The average Bonchev–Trinajstić information content (AvgIpc) is 3.14. The Balaban J connectivity index is 1.28. The highest BCUT2D eigenvalue weighted by Crippen LogP contribution is 2.40. The topological polar surface area (TPSA) is 78.7 Å². The fourth-order valence-electron chi connectivity index (χ4n) is 4.17. The van der Waals surface area contributed by atoms with Gasteiger partial charge in [0.25, 0.3) is 0 Å². The standard InChI is InChI=1S/C19H23N3O3/c23-16-3-1-13(2-4-16)19(24)11-22-9-14-5-17(6-15(14)10-22)25-18-7-20-12-21-8-18/h1-4,7-8,12,14-15,17,19,23-24H,5-6,9-11H2/t14-,15?,17+,19?/m1/s1. The first kappa shape index (κ1) is 16.3. The summed E-state index contributed by atoms with van der Waals surface area (Å²) in [6.45, 7) is 2.64. The highest BCUT2D eigenvalue weighted by molar-refractivity contribution is 5.27. The molecule has 6 nitrogen and oxygen atoms in total. The molecule has 1 saturated carbocycles. The number of rotatable bonds is 5. The molecule has 4 atom stereocenters. The minimum Gasteiger partial charge on any atom is -0.508 e. The van der Waals surface area contributed by atoms with Crippen LogP contribution in [0, 0.1) is 11.8 Å². The molecule has 2 unspecified atom stereocenters. The zero-order valence-electron chi connectivity index (χ0n) is 14.0. The van der Waals surface area contributed by atoms with Gasteiger partial charge in [-0.05, 0) is 42.4 Å². The molecule has 0 bridgehead atoms. The first-order valence-corrected chi connectivity index (χ1v) is 8.78. The number of phenols is 1. The van der Waals surface area contributed by atoms with Crippen LogP contribution in [0.4, 0.5) is 0 Å². The zero-order chi connectivity index (χ0) is 17.2. The molecule has 2 heterocycles. The molecule has 2 aromatic rings. The molecule has 0 amide bonds. The highest BCUT2D eigenvalue weighted by Gasteiger charge is 2.42. The van der Waals surface area contributed by atoms with Crippen LogP contribution in [-0.2, 0) is 0 Å². The number of hydrogen-bond acceptors (Lipinski definition) is 6. The van der Waals surface area contributed by atoms with Gasteiger partial charge >= 0.3 is 0 Å². The summed E-state index contributed by atoms with van der Waals surface area (Å²) in [6, 6.07) is 6.80. The van der Waals surface area contributed by atoms with Crippen molar-refractivity contribution in [3.63, 3.8) is 0 Å². The Morgan fingerprint density at radius 3 is 2.36 bits per heavy atom. The van der Waals surface area contributed by atoms with Crippen LogP contribution in [0.25, 0.3) is 0 Å². The third kappa shape index (κ3) is 3.75. The Bertz CT molecular complexity index is 681. The van der Waals surface area contributed by atoms with Crippen molar-refractivity contribution >= 4 is 0 Å². The third-order valence-electron chi connectivity index (χ3n) is 5.33. The molecule has 0 spiro atoms. The van der Waals surface area contributed by atoms with Crippen LogP contribution in [0.2, 0.25) is 0 Å². The number of fused-ring (bicyclic) bond motifs is 1. The lowest BCUT2D eigenvalue weighted by atomic mass is 10.0. The fourth-order valence-corrected chi connectivity index (χ4v) is 4.17. The summed E-state index contributed by atoms with van der Waals surface area (Å²) in [7, 11) is 0. The molecule has 1 aromatic heterocycles. The van der Waals surface area contributed by atoms with E-state index in [0.717, 1.165) is 37.2 Å². The number of aliphatic hydroxyl groups is 1. The van der Waals surface area contributed by atoms with Crippen molar-refractivity contribution in [1.29, 1.82) is 0 Å². The quantitative estimate of drug-likeness (QED) is 0.866. The predicted molar refractivity (Wildman–Crippen MR) is 92.2 cm³/mol. The second kappa shape index (κ2) is 6.98. The van der Waals surface area contributed by atoms with Gasteiger partial charge in [0.05, 0.1) is 24.6 Å². The van der Waals surface area contributed by atoms with Crippen molar-refractivity contribution in [1.82, 2.24) is 14.9 Å². The summed E-state index contributed by atoms with van der Waals surface area (Å²) in [5, 5.41) is 19.8. The lowest BCUT2D eigenvalue weighted by Gasteiger charge is -2.22. The van der Waals surface area contributed by atoms with Gasteiger partial charge in [0.2, 0.25) is 0 Å². The largest absolute Gasteiger partial charge is 0.508 e. The Morgan fingerprint density at radius 1 is 1.08 bits per heavy atom. The van der Waals surface area contributed by atoms with E-state index in [4.69, 9.17) is 4.74 Å². The summed E-state index contributed by atoms with van der Waals surface area (Å²) in [5.74, 6) is 2.22. The van der Waals surface area contributed by atoms with Crippen molar-refractivity contribution in [2.45, 2.75) is 25.0 Å². The molecule has 2 N–H and O–H groups in total. The monoisotopic (exact) mass is 341 g/mol. The summed E-state index contributed by atoms with van der Waals surface area (Å²) < 4.78 is 5.99. The lowest BCUT2D eigenvalue weighted by Crippen LogP contribution is -2.28. The Hall–Kier alpha value is -2.18. The SMILES string of the molecule is Oc1ccc(C(O)CN2CC3C[C@@H](Oc4cncnc4)C[C@@H]3C2)cc1. The van der Waals surface area contributed by atoms with E-state index in [-0.39, 0.29) is 11.9 Å². The molecule has 6 heteroatoms. The van der Waals surface area contributed by atoms with Gasteiger partial charge in [-0.2, -0.15) is 0 Å². The van der Waals surface area contributed by atoms with E-state index in [2.05, 4.69) is 14.9 Å². The minimum absolute atomic E-state index is 0.224. The maximum Gasteiger partial charge on any atom is 0.156 e. The number of ether oxygens (including phenoxy) is 1. The second-order valence-electron chi connectivity index (χ2n) is 7.13. The number of nitrogens with zero attached hydrogens (tertiary/aromatic N) is 3. The number of benzene rings is 1. The summed E-state index contributed by atoms with van der Waals surface area (Å²) in [4.78, 5) is 10.3. The molecule has 1 saturated heterocycles. The van der Waals surface area contributed by atoms with Crippen LogP contribution >= 0.6 is 0 Å². The molecular weight excluding hydrogens is 318 g/mol. The second-order valence-corrected chi connectivity index (χ2v) is 7.13. The first-order chi connectivity index (χ1) is 12.2. The lowest BCUT2D eigenvalue weighted by molar-refractivity contribution is 0.116. The summed E-state index contributed by atoms with van der Waals surface area (Å²) in [6.07, 6.45) is 6.74. The van der Waals surface area contributed by atoms with E-state index >= 15 is 0 Å².